The van der Waals surface area contributed by atoms with Gasteiger partial charge in [0.05, 0.1) is 24.1 Å². The van der Waals surface area contributed by atoms with Crippen LogP contribution in [0.25, 0.3) is 0 Å². The largest absolute Gasteiger partial charge is 0.343 e. The van der Waals surface area contributed by atoms with Crippen LogP contribution in [-0.2, 0) is 14.8 Å². The molecule has 1 atom stereocenters. The topological polar surface area (TPSA) is 122 Å². The number of hydrogen-bond acceptors (Lipinski definition) is 7. The first kappa shape index (κ1) is 19.5. The van der Waals surface area contributed by atoms with Crippen molar-refractivity contribution in [1.82, 2.24) is 19.6 Å². The van der Waals surface area contributed by atoms with Gasteiger partial charge in [-0.25, -0.2) is 13.4 Å². The number of nitrogens with one attached hydrogen (secondary N) is 3. The van der Waals surface area contributed by atoms with E-state index in [4.69, 9.17) is 0 Å². The molecule has 146 valence electrons. The lowest BCUT2D eigenvalue weighted by atomic mass is 9.97. The number of carbonyl (C=O) groups is 2. The summed E-state index contributed by atoms with van der Waals surface area (Å²) in [6, 6.07) is 1.37. The van der Waals surface area contributed by atoms with E-state index >= 15 is 0 Å². The van der Waals surface area contributed by atoms with Gasteiger partial charge in [-0.3, -0.25) is 13.6 Å². The minimum Gasteiger partial charge on any atom is -0.343 e. The predicted octanol–water partition coefficient (Wildman–Crippen LogP) is 0.588. The van der Waals surface area contributed by atoms with E-state index in [0.717, 1.165) is 41.9 Å². The molecule has 0 radical (unpaired) electrons. The van der Waals surface area contributed by atoms with Crippen LogP contribution in [0.1, 0.15) is 34.8 Å². The summed E-state index contributed by atoms with van der Waals surface area (Å²) in [5, 5.41) is 10.9. The van der Waals surface area contributed by atoms with Crippen LogP contribution in [0.15, 0.2) is 23.8 Å². The second-order valence-electron chi connectivity index (χ2n) is 6.34. The van der Waals surface area contributed by atoms with Crippen LogP contribution >= 0.6 is 11.3 Å². The molecular weight excluding hydrogens is 390 g/mol. The lowest BCUT2D eigenvalue weighted by Gasteiger charge is -2.20. The van der Waals surface area contributed by atoms with Crippen molar-refractivity contribution in [3.63, 3.8) is 0 Å². The molecule has 3 rings (SSSR count). The van der Waals surface area contributed by atoms with E-state index in [-0.39, 0.29) is 12.1 Å². The molecule has 3 N–H and O–H groups in total. The molecule has 1 saturated heterocycles. The van der Waals surface area contributed by atoms with Crippen LogP contribution in [0.5, 0.6) is 0 Å². The number of thiazole rings is 1. The number of piperidine rings is 1. The van der Waals surface area contributed by atoms with Crippen LogP contribution in [-0.4, -0.2) is 55.1 Å². The maximum absolute atomic E-state index is 12.0. The zero-order chi connectivity index (χ0) is 19.4. The molecule has 11 heteroatoms. The number of aromatic nitrogens is 2. The zero-order valence-corrected chi connectivity index (χ0v) is 16.4. The fourth-order valence-corrected chi connectivity index (χ4v) is 4.17. The highest BCUT2D eigenvalue weighted by molar-refractivity contribution is 7.89. The summed E-state index contributed by atoms with van der Waals surface area (Å²) in [5.74, 6) is -0.562. The Kier molecular flexibility index (Phi) is 5.92. The number of amides is 2. The van der Waals surface area contributed by atoms with Crippen molar-refractivity contribution in [2.45, 2.75) is 18.8 Å². The summed E-state index contributed by atoms with van der Waals surface area (Å²) in [7, 11) is -3.45. The molecule has 1 aliphatic heterocycles. The molecule has 0 bridgehead atoms. The Morgan fingerprint density at radius 2 is 2.26 bits per heavy atom. The molecule has 1 unspecified atom stereocenters. The summed E-state index contributed by atoms with van der Waals surface area (Å²) < 4.78 is 23.8. The Labute approximate surface area is 161 Å². The van der Waals surface area contributed by atoms with Crippen LogP contribution in [0, 0.1) is 0 Å². The summed E-state index contributed by atoms with van der Waals surface area (Å²) >= 11 is 1.35. The number of carbonyl (C=O) groups excluding carboxylic acids is 2. The third kappa shape index (κ3) is 5.15. The molecule has 2 aromatic rings. The second kappa shape index (κ2) is 8.19. The lowest BCUT2D eigenvalue weighted by molar-refractivity contribution is -0.115. The van der Waals surface area contributed by atoms with E-state index in [9.17, 15) is 18.0 Å². The summed E-state index contributed by atoms with van der Waals surface area (Å²) in [6.45, 7) is 1.68. The quantitative estimate of drug-likeness (QED) is 0.639. The van der Waals surface area contributed by atoms with Gasteiger partial charge in [0, 0.05) is 30.2 Å². The fourth-order valence-electron chi connectivity index (χ4n) is 2.78. The molecule has 2 amide bonds. The first-order valence-corrected chi connectivity index (χ1v) is 11.2. The minimum absolute atomic E-state index is 0.162. The fraction of sp³-hybridized carbons (Fsp3) is 0.438. The van der Waals surface area contributed by atoms with Crippen molar-refractivity contribution in [3.8, 4) is 0 Å². The van der Waals surface area contributed by atoms with Crippen molar-refractivity contribution in [1.29, 1.82) is 0 Å². The van der Waals surface area contributed by atoms with E-state index in [1.165, 1.54) is 29.8 Å². The third-order valence-corrected chi connectivity index (χ3v) is 5.97. The molecule has 1 aliphatic rings. The van der Waals surface area contributed by atoms with Crippen molar-refractivity contribution in [3.05, 3.63) is 35.1 Å². The highest BCUT2D eigenvalue weighted by atomic mass is 32.2. The number of hydrogen-bond donors (Lipinski definition) is 3. The zero-order valence-electron chi connectivity index (χ0n) is 14.8. The number of nitrogens with zero attached hydrogens (tertiary/aromatic N) is 2. The standard InChI is InChI=1S/C16H21N5O4S2/c1-27(24,25)21-6-4-12(9-21)15(23)18-8-14(22)20-16-19-13(10-26-16)11-3-2-5-17-7-11/h4,6,9-11,17H,2-3,5,7-8H2,1H3,(H,18,23)(H,19,20,22). The van der Waals surface area contributed by atoms with Gasteiger partial charge in [0.15, 0.2) is 5.13 Å². The van der Waals surface area contributed by atoms with Gasteiger partial charge < -0.3 is 16.0 Å². The van der Waals surface area contributed by atoms with Gasteiger partial charge in [0.1, 0.15) is 0 Å². The van der Waals surface area contributed by atoms with Gasteiger partial charge in [0.2, 0.25) is 15.9 Å². The second-order valence-corrected chi connectivity index (χ2v) is 9.09. The van der Waals surface area contributed by atoms with Gasteiger partial charge in [-0.15, -0.1) is 11.3 Å². The highest BCUT2D eigenvalue weighted by Crippen LogP contribution is 2.26. The van der Waals surface area contributed by atoms with Crippen molar-refractivity contribution in [2.24, 2.45) is 0 Å². The molecule has 0 spiro atoms. The molecule has 9 nitrogen and oxygen atoms in total. The molecule has 3 heterocycles. The maximum Gasteiger partial charge on any atom is 0.253 e. The SMILES string of the molecule is CS(=O)(=O)n1ccc(C(=O)NCC(=O)Nc2nc(C3CCCNC3)cs2)c1. The van der Waals surface area contributed by atoms with E-state index < -0.39 is 21.8 Å². The molecule has 2 aromatic heterocycles. The van der Waals surface area contributed by atoms with Crippen molar-refractivity contribution in [2.75, 3.05) is 31.2 Å². The minimum atomic E-state index is -3.45. The summed E-state index contributed by atoms with van der Waals surface area (Å²) in [4.78, 5) is 28.5. The van der Waals surface area contributed by atoms with Crippen molar-refractivity contribution >= 4 is 38.3 Å². The Morgan fingerprint density at radius 1 is 1.44 bits per heavy atom. The monoisotopic (exact) mass is 411 g/mol. The maximum atomic E-state index is 12.0. The van der Waals surface area contributed by atoms with Crippen LogP contribution < -0.4 is 16.0 Å². The van der Waals surface area contributed by atoms with E-state index in [2.05, 4.69) is 20.9 Å². The number of anilines is 1. The normalized spacial score (nSPS) is 17.4. The van der Waals surface area contributed by atoms with Gasteiger partial charge in [-0.05, 0) is 25.5 Å². The highest BCUT2D eigenvalue weighted by Gasteiger charge is 2.19. The summed E-state index contributed by atoms with van der Waals surface area (Å²) in [5.41, 5.74) is 1.13. The third-order valence-electron chi connectivity index (χ3n) is 4.21. The molecular formula is C16H21N5O4S2. The first-order valence-electron chi connectivity index (χ1n) is 8.45. The Bertz CT molecular complexity index is 928. The molecule has 0 aliphatic carbocycles. The van der Waals surface area contributed by atoms with Gasteiger partial charge >= 0.3 is 0 Å². The van der Waals surface area contributed by atoms with E-state index in [0.29, 0.717) is 11.0 Å². The average Bonchev–Trinajstić information content (AvgIpc) is 3.30. The van der Waals surface area contributed by atoms with Gasteiger partial charge in [-0.2, -0.15) is 0 Å². The average molecular weight is 412 g/mol. The molecule has 0 saturated carbocycles. The van der Waals surface area contributed by atoms with Crippen LogP contribution in [0.3, 0.4) is 0 Å². The van der Waals surface area contributed by atoms with Gasteiger partial charge in [-0.1, -0.05) is 0 Å². The smallest absolute Gasteiger partial charge is 0.253 e. The summed E-state index contributed by atoms with van der Waals surface area (Å²) in [6.07, 6.45) is 5.70. The molecule has 1 fully saturated rings. The molecule has 0 aromatic carbocycles. The van der Waals surface area contributed by atoms with Crippen LogP contribution in [0.4, 0.5) is 5.13 Å². The predicted molar refractivity (Wildman–Crippen MR) is 103 cm³/mol. The Morgan fingerprint density at radius 3 is 2.93 bits per heavy atom. The lowest BCUT2D eigenvalue weighted by Crippen LogP contribution is -2.32. The van der Waals surface area contributed by atoms with Crippen molar-refractivity contribution < 1.29 is 18.0 Å². The van der Waals surface area contributed by atoms with Gasteiger partial charge in [0.25, 0.3) is 5.91 Å². The number of rotatable bonds is 6. The van der Waals surface area contributed by atoms with E-state index in [1.54, 1.807) is 0 Å². The molecule has 27 heavy (non-hydrogen) atoms. The Hall–Kier alpha value is -2.24. The van der Waals surface area contributed by atoms with Crippen LogP contribution in [0.2, 0.25) is 0 Å². The first-order chi connectivity index (χ1) is 12.8. The van der Waals surface area contributed by atoms with E-state index in [1.807, 2.05) is 5.38 Å². The Balaban J connectivity index is 1.50.